The molecule has 3 heterocycles. The average molecular weight is 727 g/mol. The number of hydrogen-bond donors (Lipinski definition) is 0. The first-order valence-corrected chi connectivity index (χ1v) is 19.1. The standard InChI is InChI=1S/C52H30N4O/c1-3-15-35-33(13-1)29-43(39-19-7-5-17-37(35)39)48-41-21-9-11-23-45(41)53-51(55-48)32-27-25-31(26-28-32)47-50-49(42-22-10-12-24-46(42)57-50)56-52(54-47)44-30-34-14-2-4-16-36(34)38-18-6-8-20-40(38)44/h1-30H. The van der Waals surface area contributed by atoms with Crippen LogP contribution in [-0.2, 0) is 0 Å². The van der Waals surface area contributed by atoms with Gasteiger partial charge in [0.05, 0.1) is 11.2 Å². The zero-order valence-electron chi connectivity index (χ0n) is 30.5. The predicted octanol–water partition coefficient (Wildman–Crippen LogP) is 13.6. The van der Waals surface area contributed by atoms with E-state index in [-0.39, 0.29) is 0 Å². The van der Waals surface area contributed by atoms with Crippen molar-refractivity contribution < 1.29 is 4.42 Å². The van der Waals surface area contributed by atoms with Crippen molar-refractivity contribution in [1.82, 2.24) is 19.9 Å². The molecular weight excluding hydrogens is 697 g/mol. The minimum absolute atomic E-state index is 0.653. The quantitative estimate of drug-likeness (QED) is 0.169. The summed E-state index contributed by atoms with van der Waals surface area (Å²) in [6, 6.07) is 63.3. The Kier molecular flexibility index (Phi) is 6.86. The fourth-order valence-electron chi connectivity index (χ4n) is 8.58. The average Bonchev–Trinajstić information content (AvgIpc) is 3.66. The summed E-state index contributed by atoms with van der Waals surface area (Å²) in [6.07, 6.45) is 0. The molecule has 12 aromatic rings. The third-order valence-corrected chi connectivity index (χ3v) is 11.3. The fraction of sp³-hybridized carbons (Fsp3) is 0. The summed E-state index contributed by atoms with van der Waals surface area (Å²) in [5, 5.41) is 11.4. The van der Waals surface area contributed by atoms with Crippen LogP contribution in [-0.4, -0.2) is 19.9 Å². The highest BCUT2D eigenvalue weighted by Gasteiger charge is 2.21. The van der Waals surface area contributed by atoms with Crippen LogP contribution in [0.15, 0.2) is 186 Å². The van der Waals surface area contributed by atoms with E-state index in [0.717, 1.165) is 77.2 Å². The Labute approximate surface area is 326 Å². The molecule has 0 saturated heterocycles. The molecule has 0 spiro atoms. The van der Waals surface area contributed by atoms with Gasteiger partial charge < -0.3 is 4.42 Å². The number of fused-ring (bicyclic) bond motifs is 10. The molecule has 0 aliphatic rings. The number of rotatable bonds is 4. The van der Waals surface area contributed by atoms with Gasteiger partial charge in [0, 0.05) is 33.0 Å². The van der Waals surface area contributed by atoms with E-state index >= 15 is 0 Å². The van der Waals surface area contributed by atoms with Crippen LogP contribution in [0, 0.1) is 0 Å². The van der Waals surface area contributed by atoms with Crippen LogP contribution in [0.2, 0.25) is 0 Å². The Bertz CT molecular complexity index is 3590. The maximum atomic E-state index is 6.53. The summed E-state index contributed by atoms with van der Waals surface area (Å²) in [7, 11) is 0. The molecule has 0 unspecified atom stereocenters. The first-order chi connectivity index (χ1) is 28.2. The monoisotopic (exact) mass is 726 g/mol. The molecule has 0 fully saturated rings. The van der Waals surface area contributed by atoms with E-state index in [1.54, 1.807) is 0 Å². The minimum Gasteiger partial charge on any atom is -0.452 e. The van der Waals surface area contributed by atoms with Crippen molar-refractivity contribution in [3.8, 4) is 45.3 Å². The van der Waals surface area contributed by atoms with E-state index < -0.39 is 0 Å². The van der Waals surface area contributed by atoms with E-state index in [1.165, 1.54) is 26.9 Å². The van der Waals surface area contributed by atoms with E-state index in [1.807, 2.05) is 24.3 Å². The molecule has 5 heteroatoms. The second-order valence-electron chi connectivity index (χ2n) is 14.5. The van der Waals surface area contributed by atoms with Gasteiger partial charge in [-0.05, 0) is 73.4 Å². The van der Waals surface area contributed by atoms with E-state index in [9.17, 15) is 0 Å². The molecule has 0 N–H and O–H groups in total. The molecule has 0 saturated carbocycles. The highest BCUT2D eigenvalue weighted by atomic mass is 16.3. The number of aromatic nitrogens is 4. The minimum atomic E-state index is 0.653. The molecule has 57 heavy (non-hydrogen) atoms. The number of hydrogen-bond acceptors (Lipinski definition) is 5. The molecule has 0 aliphatic heterocycles. The lowest BCUT2D eigenvalue weighted by Gasteiger charge is -2.14. The third kappa shape index (κ3) is 4.96. The zero-order valence-corrected chi connectivity index (χ0v) is 30.5. The van der Waals surface area contributed by atoms with Crippen molar-refractivity contribution in [2.75, 3.05) is 0 Å². The van der Waals surface area contributed by atoms with Gasteiger partial charge in [-0.15, -0.1) is 0 Å². The van der Waals surface area contributed by atoms with Gasteiger partial charge in [-0.25, -0.2) is 19.9 Å². The number of furan rings is 1. The second-order valence-corrected chi connectivity index (χ2v) is 14.5. The number of para-hydroxylation sites is 2. The van der Waals surface area contributed by atoms with Crippen molar-refractivity contribution in [3.63, 3.8) is 0 Å². The highest BCUT2D eigenvalue weighted by Crippen LogP contribution is 2.41. The molecule has 0 aliphatic carbocycles. The van der Waals surface area contributed by atoms with Gasteiger partial charge in [0.25, 0.3) is 0 Å². The first kappa shape index (κ1) is 31.6. The summed E-state index contributed by atoms with van der Waals surface area (Å²) in [5.41, 5.74) is 8.65. The van der Waals surface area contributed by atoms with Gasteiger partial charge in [-0.3, -0.25) is 0 Å². The maximum Gasteiger partial charge on any atom is 0.180 e. The smallest absolute Gasteiger partial charge is 0.180 e. The first-order valence-electron chi connectivity index (χ1n) is 19.1. The summed E-state index contributed by atoms with van der Waals surface area (Å²) >= 11 is 0. The summed E-state index contributed by atoms with van der Waals surface area (Å²) in [4.78, 5) is 21.0. The van der Waals surface area contributed by atoms with Gasteiger partial charge in [-0.1, -0.05) is 152 Å². The van der Waals surface area contributed by atoms with E-state index in [0.29, 0.717) is 17.2 Å². The van der Waals surface area contributed by atoms with Gasteiger partial charge >= 0.3 is 0 Å². The summed E-state index contributed by atoms with van der Waals surface area (Å²) in [5.74, 6) is 1.31. The van der Waals surface area contributed by atoms with Crippen molar-refractivity contribution in [1.29, 1.82) is 0 Å². The lowest BCUT2D eigenvalue weighted by atomic mass is 9.94. The van der Waals surface area contributed by atoms with Crippen LogP contribution in [0.4, 0.5) is 0 Å². The topological polar surface area (TPSA) is 64.7 Å². The molecule has 5 nitrogen and oxygen atoms in total. The van der Waals surface area contributed by atoms with Crippen LogP contribution in [0.3, 0.4) is 0 Å². The Morgan fingerprint density at radius 3 is 1.54 bits per heavy atom. The maximum absolute atomic E-state index is 6.53. The molecular formula is C52H30N4O. The van der Waals surface area contributed by atoms with Crippen molar-refractivity contribution in [2.24, 2.45) is 0 Å². The number of benzene rings is 9. The molecule has 9 aromatic carbocycles. The predicted molar refractivity (Wildman–Crippen MR) is 234 cm³/mol. The second kappa shape index (κ2) is 12.4. The van der Waals surface area contributed by atoms with Crippen LogP contribution in [0.5, 0.6) is 0 Å². The van der Waals surface area contributed by atoms with Crippen LogP contribution in [0.1, 0.15) is 0 Å². The molecule has 0 amide bonds. The molecule has 0 bridgehead atoms. The largest absolute Gasteiger partial charge is 0.452 e. The van der Waals surface area contributed by atoms with Gasteiger partial charge in [-0.2, -0.15) is 0 Å². The van der Waals surface area contributed by atoms with Gasteiger partial charge in [0.2, 0.25) is 0 Å². The molecule has 12 rings (SSSR count). The van der Waals surface area contributed by atoms with Gasteiger partial charge in [0.1, 0.15) is 16.8 Å². The third-order valence-electron chi connectivity index (χ3n) is 11.3. The zero-order chi connectivity index (χ0) is 37.5. The van der Waals surface area contributed by atoms with Crippen LogP contribution < -0.4 is 0 Å². The summed E-state index contributed by atoms with van der Waals surface area (Å²) < 4.78 is 6.53. The van der Waals surface area contributed by atoms with E-state index in [2.05, 4.69) is 158 Å². The molecule has 0 radical (unpaired) electrons. The summed E-state index contributed by atoms with van der Waals surface area (Å²) in [6.45, 7) is 0. The van der Waals surface area contributed by atoms with Crippen molar-refractivity contribution in [2.45, 2.75) is 0 Å². The lowest BCUT2D eigenvalue weighted by molar-refractivity contribution is 0.667. The Morgan fingerprint density at radius 1 is 0.333 bits per heavy atom. The Morgan fingerprint density at radius 2 is 0.842 bits per heavy atom. The Hall–Kier alpha value is -7.76. The highest BCUT2D eigenvalue weighted by molar-refractivity contribution is 6.16. The lowest BCUT2D eigenvalue weighted by Crippen LogP contribution is -1.97. The molecule has 264 valence electrons. The van der Waals surface area contributed by atoms with Crippen molar-refractivity contribution in [3.05, 3.63) is 182 Å². The van der Waals surface area contributed by atoms with Crippen molar-refractivity contribution >= 4 is 76.1 Å². The SMILES string of the molecule is c1ccc2c(c1)cc(-c1nc(-c3ccc(-c4nc(-c5cc6ccccc6c6ccccc56)c5ccccc5n4)cc3)c3oc4ccccc4c3n1)c1ccccc12. The molecule has 3 aromatic heterocycles. The Balaban J connectivity index is 1.04. The van der Waals surface area contributed by atoms with Crippen LogP contribution in [0.25, 0.3) is 121 Å². The normalized spacial score (nSPS) is 11.9. The van der Waals surface area contributed by atoms with E-state index in [4.69, 9.17) is 24.4 Å². The number of nitrogens with zero attached hydrogens (tertiary/aromatic N) is 4. The van der Waals surface area contributed by atoms with Crippen LogP contribution >= 0.6 is 0 Å². The molecule has 0 atom stereocenters. The fourth-order valence-corrected chi connectivity index (χ4v) is 8.58. The van der Waals surface area contributed by atoms with Gasteiger partial charge in [0.15, 0.2) is 17.2 Å².